The lowest BCUT2D eigenvalue weighted by Crippen LogP contribution is -2.29. The van der Waals surface area contributed by atoms with Crippen LogP contribution in [-0.4, -0.2) is 36.4 Å². The number of carbonyl (C=O) groups excluding carboxylic acids is 1. The Bertz CT molecular complexity index is 962. The van der Waals surface area contributed by atoms with Crippen molar-refractivity contribution < 1.29 is 13.2 Å². The second kappa shape index (κ2) is 6.59. The quantitative estimate of drug-likeness (QED) is 0.789. The van der Waals surface area contributed by atoms with Crippen molar-refractivity contribution in [3.8, 4) is 11.8 Å². The van der Waals surface area contributed by atoms with Crippen LogP contribution >= 0.6 is 15.9 Å². The number of nitriles is 1. The Balaban J connectivity index is 1.99. The zero-order chi connectivity index (χ0) is 18.2. The van der Waals surface area contributed by atoms with E-state index < -0.39 is 15.9 Å². The van der Waals surface area contributed by atoms with E-state index in [-0.39, 0.29) is 30.2 Å². The second-order valence-electron chi connectivity index (χ2n) is 5.79. The summed E-state index contributed by atoms with van der Waals surface area (Å²) in [7, 11) is -3.68. The Morgan fingerprint density at radius 2 is 2.04 bits per heavy atom. The van der Waals surface area contributed by atoms with Crippen LogP contribution in [0.15, 0.2) is 34.9 Å². The summed E-state index contributed by atoms with van der Waals surface area (Å²) in [6, 6.07) is 9.26. The van der Waals surface area contributed by atoms with Crippen LogP contribution in [0.2, 0.25) is 0 Å². The fourth-order valence-electron chi connectivity index (χ4n) is 2.88. The Labute approximate surface area is 153 Å². The number of halogens is 1. The maximum absolute atomic E-state index is 12.4. The van der Waals surface area contributed by atoms with Gasteiger partial charge in [-0.25, -0.2) is 18.2 Å². The average molecular weight is 424 g/mol. The maximum atomic E-state index is 12.4. The van der Waals surface area contributed by atoms with Gasteiger partial charge in [-0.1, -0.05) is 15.9 Å². The number of amides is 1. The third-order valence-electron chi connectivity index (χ3n) is 3.86. The molecular formula is C15H14BrN5O3S. The molecule has 10 heteroatoms. The second-order valence-corrected chi connectivity index (χ2v) is 8.36. The number of sulfonamides is 1. The van der Waals surface area contributed by atoms with Gasteiger partial charge in [-0.15, -0.1) is 0 Å². The fourth-order valence-corrected chi connectivity index (χ4v) is 4.02. The van der Waals surface area contributed by atoms with Gasteiger partial charge >= 0.3 is 0 Å². The normalized spacial score (nSPS) is 17.7. The number of hydrogen-bond donors (Lipinski definition) is 1. The molecular weight excluding hydrogens is 410 g/mol. The van der Waals surface area contributed by atoms with Crippen molar-refractivity contribution >= 4 is 37.7 Å². The van der Waals surface area contributed by atoms with Crippen molar-refractivity contribution in [2.75, 3.05) is 17.2 Å². The van der Waals surface area contributed by atoms with Gasteiger partial charge in [-0.3, -0.25) is 9.69 Å². The molecule has 1 amide bonds. The highest BCUT2D eigenvalue weighted by Crippen LogP contribution is 2.30. The van der Waals surface area contributed by atoms with Crippen LogP contribution < -0.4 is 10.0 Å². The number of aromatic nitrogens is 2. The number of hydrogen-bond acceptors (Lipinski definition) is 5. The van der Waals surface area contributed by atoms with Crippen LogP contribution in [0.1, 0.15) is 12.0 Å². The third kappa shape index (κ3) is 3.73. The number of nitrogens with zero attached hydrogens (tertiary/aromatic N) is 4. The van der Waals surface area contributed by atoms with Crippen LogP contribution in [0, 0.1) is 17.2 Å². The summed E-state index contributed by atoms with van der Waals surface area (Å²) in [4.78, 5) is 13.8. The first kappa shape index (κ1) is 17.6. The van der Waals surface area contributed by atoms with Gasteiger partial charge in [-0.2, -0.15) is 10.4 Å². The molecule has 2 N–H and O–H groups in total. The van der Waals surface area contributed by atoms with Crippen molar-refractivity contribution in [3.05, 3.63) is 40.5 Å². The first-order valence-electron chi connectivity index (χ1n) is 7.33. The van der Waals surface area contributed by atoms with E-state index >= 15 is 0 Å². The molecule has 1 aliphatic rings. The fraction of sp³-hybridized carbons (Fsp3) is 0.267. The van der Waals surface area contributed by atoms with Gasteiger partial charge in [0.05, 0.1) is 17.6 Å². The van der Waals surface area contributed by atoms with Crippen molar-refractivity contribution in [2.24, 2.45) is 11.1 Å². The van der Waals surface area contributed by atoms with Gasteiger partial charge in [-0.05, 0) is 24.3 Å². The molecule has 0 spiro atoms. The SMILES string of the molecule is N#Cc1cnn(-c2ccc(Br)cc2)c1N1CC(CS(N)(=O)=O)CC1=O. The molecule has 2 aromatic rings. The molecule has 1 fully saturated rings. The summed E-state index contributed by atoms with van der Waals surface area (Å²) in [5.74, 6) is -0.609. The largest absolute Gasteiger partial charge is 0.295 e. The summed E-state index contributed by atoms with van der Waals surface area (Å²) < 4.78 is 25.0. The summed E-state index contributed by atoms with van der Waals surface area (Å²) >= 11 is 3.35. The number of rotatable bonds is 4. The molecule has 3 rings (SSSR count). The Morgan fingerprint density at radius 1 is 1.36 bits per heavy atom. The van der Waals surface area contributed by atoms with Crippen molar-refractivity contribution in [2.45, 2.75) is 6.42 Å². The molecule has 1 aromatic heterocycles. The topological polar surface area (TPSA) is 122 Å². The highest BCUT2D eigenvalue weighted by atomic mass is 79.9. The van der Waals surface area contributed by atoms with Gasteiger partial charge < -0.3 is 0 Å². The van der Waals surface area contributed by atoms with Gasteiger partial charge in [0.15, 0.2) is 5.82 Å². The lowest BCUT2D eigenvalue weighted by atomic mass is 10.1. The Morgan fingerprint density at radius 3 is 2.64 bits per heavy atom. The lowest BCUT2D eigenvalue weighted by molar-refractivity contribution is -0.117. The van der Waals surface area contributed by atoms with E-state index in [1.807, 2.05) is 18.2 Å². The first-order valence-corrected chi connectivity index (χ1v) is 9.84. The van der Waals surface area contributed by atoms with E-state index in [0.29, 0.717) is 11.5 Å². The molecule has 1 aromatic carbocycles. The van der Waals surface area contributed by atoms with E-state index in [1.165, 1.54) is 15.8 Å². The predicted molar refractivity (Wildman–Crippen MR) is 94.4 cm³/mol. The molecule has 25 heavy (non-hydrogen) atoms. The minimum absolute atomic E-state index is 0.0623. The molecule has 0 radical (unpaired) electrons. The smallest absolute Gasteiger partial charge is 0.228 e. The Hall–Kier alpha value is -2.22. The van der Waals surface area contributed by atoms with Crippen LogP contribution in [0.3, 0.4) is 0 Å². The zero-order valence-electron chi connectivity index (χ0n) is 13.0. The maximum Gasteiger partial charge on any atom is 0.228 e. The van der Waals surface area contributed by atoms with Crippen LogP contribution in [0.4, 0.5) is 5.82 Å². The zero-order valence-corrected chi connectivity index (χ0v) is 15.4. The number of primary sulfonamides is 1. The molecule has 0 aliphatic carbocycles. The number of benzene rings is 1. The van der Waals surface area contributed by atoms with E-state index in [1.54, 1.807) is 12.1 Å². The average Bonchev–Trinajstić information content (AvgIpc) is 3.09. The van der Waals surface area contributed by atoms with E-state index in [0.717, 1.165) is 4.47 Å². The molecule has 1 saturated heterocycles. The molecule has 1 aliphatic heterocycles. The van der Waals surface area contributed by atoms with E-state index in [9.17, 15) is 18.5 Å². The summed E-state index contributed by atoms with van der Waals surface area (Å²) in [5.41, 5.74) is 0.926. The summed E-state index contributed by atoms with van der Waals surface area (Å²) in [6.07, 6.45) is 1.45. The molecule has 2 heterocycles. The van der Waals surface area contributed by atoms with Crippen molar-refractivity contribution in [3.63, 3.8) is 0 Å². The highest BCUT2D eigenvalue weighted by Gasteiger charge is 2.36. The monoisotopic (exact) mass is 423 g/mol. The predicted octanol–water partition coefficient (Wildman–Crippen LogP) is 1.15. The summed E-state index contributed by atoms with van der Waals surface area (Å²) in [5, 5.41) is 18.6. The standard InChI is InChI=1S/C15H14BrN5O3S/c16-12-1-3-13(4-2-12)21-15(11(6-17)7-19-21)20-8-10(5-14(20)22)9-25(18,23)24/h1-4,7,10H,5,8-9H2,(H2,18,23,24). The number of anilines is 1. The summed E-state index contributed by atoms with van der Waals surface area (Å²) in [6.45, 7) is 0.173. The van der Waals surface area contributed by atoms with Gasteiger partial charge in [0.1, 0.15) is 11.6 Å². The third-order valence-corrected chi connectivity index (χ3v) is 5.33. The minimum atomic E-state index is -3.68. The van der Waals surface area contributed by atoms with E-state index in [4.69, 9.17) is 5.14 Å². The molecule has 130 valence electrons. The Kier molecular flexibility index (Phi) is 4.64. The number of nitrogens with two attached hydrogens (primary N) is 1. The van der Waals surface area contributed by atoms with Gasteiger partial charge in [0.25, 0.3) is 0 Å². The lowest BCUT2D eigenvalue weighted by Gasteiger charge is -2.19. The molecule has 1 atom stereocenters. The first-order chi connectivity index (χ1) is 11.8. The van der Waals surface area contributed by atoms with Gasteiger partial charge in [0, 0.05) is 23.4 Å². The van der Waals surface area contributed by atoms with Crippen LogP contribution in [0.5, 0.6) is 0 Å². The van der Waals surface area contributed by atoms with Crippen LogP contribution in [-0.2, 0) is 14.8 Å². The van der Waals surface area contributed by atoms with Crippen molar-refractivity contribution in [1.29, 1.82) is 5.26 Å². The van der Waals surface area contributed by atoms with Crippen LogP contribution in [0.25, 0.3) is 5.69 Å². The van der Waals surface area contributed by atoms with Gasteiger partial charge in [0.2, 0.25) is 15.9 Å². The molecule has 0 bridgehead atoms. The molecule has 8 nitrogen and oxygen atoms in total. The number of carbonyl (C=O) groups is 1. The minimum Gasteiger partial charge on any atom is -0.295 e. The van der Waals surface area contributed by atoms with Crippen molar-refractivity contribution in [1.82, 2.24) is 9.78 Å². The van der Waals surface area contributed by atoms with E-state index in [2.05, 4.69) is 21.0 Å². The highest BCUT2D eigenvalue weighted by molar-refractivity contribution is 9.10. The molecule has 1 unspecified atom stereocenters. The molecule has 0 saturated carbocycles.